The molecule has 0 aliphatic heterocycles. The smallest absolute Gasteiger partial charge is 0.323 e. The Bertz CT molecular complexity index is 455. The molecule has 0 aliphatic rings. The van der Waals surface area contributed by atoms with Crippen molar-refractivity contribution in [1.29, 1.82) is 0 Å². The van der Waals surface area contributed by atoms with E-state index < -0.39 is 17.7 Å². The van der Waals surface area contributed by atoms with E-state index in [1.54, 1.807) is 6.92 Å². The molecule has 1 rings (SSSR count). The summed E-state index contributed by atoms with van der Waals surface area (Å²) in [6.45, 7) is 4.83. The Hall–Kier alpha value is -1.69. The fourth-order valence-corrected chi connectivity index (χ4v) is 1.74. The monoisotopic (exact) mass is 301 g/mol. The number of hydrogen-bond donors (Lipinski definition) is 1. The molecule has 0 spiro atoms. The van der Waals surface area contributed by atoms with Gasteiger partial charge in [-0.3, -0.25) is 4.79 Å². The summed E-state index contributed by atoms with van der Waals surface area (Å²) in [5.74, 6) is -1.80. The van der Waals surface area contributed by atoms with Gasteiger partial charge in [-0.2, -0.15) is 0 Å². The van der Waals surface area contributed by atoms with Gasteiger partial charge in [0.25, 0.3) is 0 Å². The Labute approximate surface area is 123 Å². The fraction of sp³-hybridized carbons (Fsp3) is 0.533. The summed E-state index contributed by atoms with van der Waals surface area (Å²) < 4.78 is 36.3. The number of carbonyl (C=O) groups is 1. The molecule has 1 N–H and O–H groups in total. The van der Waals surface area contributed by atoms with Crippen LogP contribution in [-0.4, -0.2) is 31.8 Å². The van der Waals surface area contributed by atoms with Crippen molar-refractivity contribution >= 4 is 5.97 Å². The second-order valence-corrected chi connectivity index (χ2v) is 4.47. The molecule has 4 nitrogen and oxygen atoms in total. The molecule has 118 valence electrons. The minimum absolute atomic E-state index is 0.0329. The first-order chi connectivity index (χ1) is 10.1. The summed E-state index contributed by atoms with van der Waals surface area (Å²) in [7, 11) is 0. The van der Waals surface area contributed by atoms with Crippen molar-refractivity contribution in [3.05, 3.63) is 29.8 Å². The second-order valence-electron chi connectivity index (χ2n) is 4.47. The Morgan fingerprint density at radius 1 is 1.33 bits per heavy atom. The van der Waals surface area contributed by atoms with Crippen molar-refractivity contribution in [1.82, 2.24) is 5.32 Å². The Balaban J connectivity index is 2.50. The number of ether oxygens (including phenoxy) is 2. The molecule has 0 radical (unpaired) electrons. The van der Waals surface area contributed by atoms with Crippen LogP contribution in [0.4, 0.5) is 8.78 Å². The van der Waals surface area contributed by atoms with Crippen LogP contribution in [0, 0.1) is 11.6 Å². The Morgan fingerprint density at radius 3 is 2.71 bits per heavy atom. The van der Waals surface area contributed by atoms with Crippen molar-refractivity contribution in [3.63, 3.8) is 0 Å². The maximum absolute atomic E-state index is 13.4. The highest BCUT2D eigenvalue weighted by Gasteiger charge is 2.19. The van der Waals surface area contributed by atoms with E-state index in [9.17, 15) is 13.6 Å². The lowest BCUT2D eigenvalue weighted by Crippen LogP contribution is -2.39. The third-order valence-electron chi connectivity index (χ3n) is 2.77. The lowest BCUT2D eigenvalue weighted by atomic mass is 10.2. The van der Waals surface area contributed by atoms with Crippen molar-refractivity contribution in [2.24, 2.45) is 0 Å². The quantitative estimate of drug-likeness (QED) is 0.712. The van der Waals surface area contributed by atoms with Gasteiger partial charge in [0.1, 0.15) is 11.9 Å². The molecule has 1 atom stereocenters. The first-order valence-corrected chi connectivity index (χ1v) is 7.06. The van der Waals surface area contributed by atoms with E-state index in [1.165, 1.54) is 6.07 Å². The minimum Gasteiger partial charge on any atom is -0.490 e. The van der Waals surface area contributed by atoms with Gasteiger partial charge in [0.2, 0.25) is 0 Å². The number of rotatable bonds is 9. The van der Waals surface area contributed by atoms with E-state index >= 15 is 0 Å². The topological polar surface area (TPSA) is 47.6 Å². The predicted octanol–water partition coefficient (Wildman–Crippen LogP) is 2.67. The van der Waals surface area contributed by atoms with Crippen LogP contribution >= 0.6 is 0 Å². The van der Waals surface area contributed by atoms with Crippen LogP contribution in [0.25, 0.3) is 0 Å². The van der Waals surface area contributed by atoms with E-state index in [-0.39, 0.29) is 18.3 Å². The first kappa shape index (κ1) is 17.4. The Morgan fingerprint density at radius 2 is 2.10 bits per heavy atom. The summed E-state index contributed by atoms with van der Waals surface area (Å²) >= 11 is 0. The van der Waals surface area contributed by atoms with E-state index in [0.717, 1.165) is 18.6 Å². The zero-order valence-corrected chi connectivity index (χ0v) is 12.3. The van der Waals surface area contributed by atoms with Crippen molar-refractivity contribution in [2.75, 3.05) is 19.8 Å². The van der Waals surface area contributed by atoms with E-state index in [4.69, 9.17) is 9.47 Å². The molecule has 21 heavy (non-hydrogen) atoms. The molecule has 0 amide bonds. The molecular weight excluding hydrogens is 280 g/mol. The predicted molar refractivity (Wildman–Crippen MR) is 75.2 cm³/mol. The van der Waals surface area contributed by atoms with Gasteiger partial charge in [0, 0.05) is 12.5 Å². The van der Waals surface area contributed by atoms with Crippen LogP contribution in [0.2, 0.25) is 0 Å². The van der Waals surface area contributed by atoms with Gasteiger partial charge in [-0.25, -0.2) is 8.78 Å². The van der Waals surface area contributed by atoms with E-state index in [0.29, 0.717) is 19.6 Å². The van der Waals surface area contributed by atoms with Gasteiger partial charge in [0.15, 0.2) is 11.6 Å². The second kappa shape index (κ2) is 9.28. The third-order valence-corrected chi connectivity index (χ3v) is 2.77. The fourth-order valence-electron chi connectivity index (χ4n) is 1.74. The van der Waals surface area contributed by atoms with Gasteiger partial charge in [-0.1, -0.05) is 6.92 Å². The molecule has 6 heteroatoms. The molecule has 1 unspecified atom stereocenters. The lowest BCUT2D eigenvalue weighted by molar-refractivity contribution is -0.146. The van der Waals surface area contributed by atoms with Crippen molar-refractivity contribution in [2.45, 2.75) is 32.7 Å². The summed E-state index contributed by atoms with van der Waals surface area (Å²) in [5.41, 5.74) is 0. The summed E-state index contributed by atoms with van der Waals surface area (Å²) in [4.78, 5) is 11.7. The standard InChI is InChI=1S/C15H21F2NO3/c1-3-8-18-13(15(19)20-4-2)7-9-21-14-6-5-11(16)10-12(14)17/h5-6,10,13,18H,3-4,7-9H2,1-2H3. The molecule has 0 heterocycles. The number of esters is 1. The highest BCUT2D eigenvalue weighted by molar-refractivity contribution is 5.75. The van der Waals surface area contributed by atoms with Gasteiger partial charge >= 0.3 is 5.97 Å². The number of nitrogens with one attached hydrogen (secondary N) is 1. The number of hydrogen-bond acceptors (Lipinski definition) is 4. The zero-order valence-electron chi connectivity index (χ0n) is 12.3. The molecule has 0 aromatic heterocycles. The summed E-state index contributed by atoms with van der Waals surface area (Å²) in [6.07, 6.45) is 1.22. The molecular formula is C15H21F2NO3. The highest BCUT2D eigenvalue weighted by Crippen LogP contribution is 2.17. The van der Waals surface area contributed by atoms with Crippen LogP contribution < -0.4 is 10.1 Å². The summed E-state index contributed by atoms with van der Waals surface area (Å²) in [6, 6.07) is 2.61. The molecule has 1 aromatic rings. The van der Waals surface area contributed by atoms with Crippen LogP contribution in [0.3, 0.4) is 0 Å². The van der Waals surface area contributed by atoms with Gasteiger partial charge in [-0.05, 0) is 32.0 Å². The highest BCUT2D eigenvalue weighted by atomic mass is 19.1. The van der Waals surface area contributed by atoms with Crippen LogP contribution in [-0.2, 0) is 9.53 Å². The summed E-state index contributed by atoms with van der Waals surface area (Å²) in [5, 5.41) is 3.06. The van der Waals surface area contributed by atoms with Gasteiger partial charge in [-0.15, -0.1) is 0 Å². The van der Waals surface area contributed by atoms with E-state index in [2.05, 4.69) is 5.32 Å². The molecule has 0 aliphatic carbocycles. The minimum atomic E-state index is -0.760. The SMILES string of the molecule is CCCNC(CCOc1ccc(F)cc1F)C(=O)OCC. The van der Waals surface area contributed by atoms with Crippen LogP contribution in [0.15, 0.2) is 18.2 Å². The molecule has 0 bridgehead atoms. The maximum Gasteiger partial charge on any atom is 0.323 e. The van der Waals surface area contributed by atoms with Gasteiger partial charge in [0.05, 0.1) is 13.2 Å². The van der Waals surface area contributed by atoms with Crippen molar-refractivity contribution in [3.8, 4) is 5.75 Å². The largest absolute Gasteiger partial charge is 0.490 e. The van der Waals surface area contributed by atoms with Crippen molar-refractivity contribution < 1.29 is 23.0 Å². The molecule has 1 aromatic carbocycles. The number of carbonyl (C=O) groups excluding carboxylic acids is 1. The molecule has 0 saturated heterocycles. The van der Waals surface area contributed by atoms with Gasteiger partial charge < -0.3 is 14.8 Å². The molecule has 0 fully saturated rings. The normalized spacial score (nSPS) is 12.0. The average molecular weight is 301 g/mol. The third kappa shape index (κ3) is 6.08. The maximum atomic E-state index is 13.4. The lowest BCUT2D eigenvalue weighted by Gasteiger charge is -2.17. The van der Waals surface area contributed by atoms with E-state index in [1.807, 2.05) is 6.92 Å². The Kier molecular flexibility index (Phi) is 7.68. The average Bonchev–Trinajstić information content (AvgIpc) is 2.44. The number of halogens is 2. The zero-order chi connectivity index (χ0) is 15.7. The van der Waals surface area contributed by atoms with Crippen LogP contribution in [0.5, 0.6) is 5.75 Å². The number of benzene rings is 1. The van der Waals surface area contributed by atoms with Crippen LogP contribution in [0.1, 0.15) is 26.7 Å². The molecule has 0 saturated carbocycles. The first-order valence-electron chi connectivity index (χ1n) is 7.06.